The number of aromatic nitrogens is 2. The van der Waals surface area contributed by atoms with Crippen LogP contribution in [0.3, 0.4) is 0 Å². The molecule has 0 unspecified atom stereocenters. The molecule has 0 N–H and O–H groups in total. The summed E-state index contributed by atoms with van der Waals surface area (Å²) in [6.07, 6.45) is 0. The highest BCUT2D eigenvalue weighted by molar-refractivity contribution is 7.10. The topological polar surface area (TPSA) is 29.0 Å². The maximum Gasteiger partial charge on any atom is 0.138 e. The van der Waals surface area contributed by atoms with Gasteiger partial charge in [-0.2, -0.15) is 0 Å². The first-order valence-corrected chi connectivity index (χ1v) is 6.20. The lowest BCUT2D eigenvalue weighted by Crippen LogP contribution is -2.17. The van der Waals surface area contributed by atoms with Crippen LogP contribution >= 0.6 is 23.1 Å². The Labute approximate surface area is 108 Å². The third-order valence-electron chi connectivity index (χ3n) is 2.29. The van der Waals surface area contributed by atoms with E-state index in [0.717, 1.165) is 11.3 Å². The van der Waals surface area contributed by atoms with E-state index < -0.39 is 0 Å². The number of benzene rings is 1. The summed E-state index contributed by atoms with van der Waals surface area (Å²) < 4.78 is 17.1. The second-order valence-electron chi connectivity index (χ2n) is 3.79. The van der Waals surface area contributed by atoms with Crippen molar-refractivity contribution < 1.29 is 4.39 Å². The van der Waals surface area contributed by atoms with Gasteiger partial charge in [0.15, 0.2) is 0 Å². The molecule has 1 aromatic heterocycles. The van der Waals surface area contributed by atoms with Gasteiger partial charge in [0.25, 0.3) is 0 Å². The fourth-order valence-electron chi connectivity index (χ4n) is 1.50. The van der Waals surface area contributed by atoms with Gasteiger partial charge in [0.1, 0.15) is 15.8 Å². The van der Waals surface area contributed by atoms with Crippen LogP contribution in [-0.4, -0.2) is 21.5 Å². The molecule has 90 valence electrons. The van der Waals surface area contributed by atoms with Gasteiger partial charge in [0, 0.05) is 24.6 Å². The molecule has 0 aliphatic carbocycles. The van der Waals surface area contributed by atoms with Crippen molar-refractivity contribution in [2.45, 2.75) is 13.1 Å². The molecule has 0 spiro atoms. The molecule has 0 saturated carbocycles. The summed E-state index contributed by atoms with van der Waals surface area (Å²) in [6.45, 7) is 1.35. The molecule has 1 aromatic carbocycles. The number of nitrogens with zero attached hydrogens (tertiary/aromatic N) is 3. The highest BCUT2D eigenvalue weighted by Gasteiger charge is 2.08. The molecule has 2 rings (SSSR count). The zero-order chi connectivity index (χ0) is 12.3. The highest BCUT2D eigenvalue weighted by Crippen LogP contribution is 2.19. The standard InChI is InChI=1S/C11H11ClFN3S/c1-16(7-10-11(12)17-15-14-10)6-8-2-4-9(13)5-3-8/h2-5H,6-7H2,1H3. The van der Waals surface area contributed by atoms with E-state index in [-0.39, 0.29) is 5.82 Å². The van der Waals surface area contributed by atoms with Crippen LogP contribution in [0.5, 0.6) is 0 Å². The smallest absolute Gasteiger partial charge is 0.138 e. The number of hydrogen-bond acceptors (Lipinski definition) is 4. The monoisotopic (exact) mass is 271 g/mol. The van der Waals surface area contributed by atoms with E-state index in [1.165, 1.54) is 23.7 Å². The third kappa shape index (κ3) is 3.46. The number of hydrogen-bond donors (Lipinski definition) is 0. The van der Waals surface area contributed by atoms with Crippen molar-refractivity contribution in [2.75, 3.05) is 7.05 Å². The quantitative estimate of drug-likeness (QED) is 0.856. The van der Waals surface area contributed by atoms with Crippen molar-refractivity contribution >= 4 is 23.1 Å². The van der Waals surface area contributed by atoms with Gasteiger partial charge in [0.2, 0.25) is 0 Å². The number of halogens is 2. The van der Waals surface area contributed by atoms with Crippen molar-refractivity contribution in [3.8, 4) is 0 Å². The predicted molar refractivity (Wildman–Crippen MR) is 66.5 cm³/mol. The molecule has 0 fully saturated rings. The van der Waals surface area contributed by atoms with Crippen molar-refractivity contribution in [2.24, 2.45) is 0 Å². The first-order valence-electron chi connectivity index (χ1n) is 5.05. The highest BCUT2D eigenvalue weighted by atomic mass is 35.5. The second-order valence-corrected chi connectivity index (χ2v) is 5.15. The van der Waals surface area contributed by atoms with E-state index in [2.05, 4.69) is 14.5 Å². The normalized spacial score (nSPS) is 11.1. The SMILES string of the molecule is CN(Cc1ccc(F)cc1)Cc1nnsc1Cl. The molecule has 6 heteroatoms. The summed E-state index contributed by atoms with van der Waals surface area (Å²) in [5.41, 5.74) is 1.83. The van der Waals surface area contributed by atoms with Crippen LogP contribution in [0, 0.1) is 5.82 Å². The summed E-state index contributed by atoms with van der Waals surface area (Å²) in [5.74, 6) is -0.219. The molecule has 17 heavy (non-hydrogen) atoms. The molecule has 0 atom stereocenters. The molecular formula is C11H11ClFN3S. The van der Waals surface area contributed by atoms with E-state index in [1.54, 1.807) is 12.1 Å². The maximum atomic E-state index is 12.7. The van der Waals surface area contributed by atoms with Gasteiger partial charge in [-0.05, 0) is 24.7 Å². The van der Waals surface area contributed by atoms with Gasteiger partial charge in [-0.3, -0.25) is 4.90 Å². The Morgan fingerprint density at radius 3 is 2.59 bits per heavy atom. The summed E-state index contributed by atoms with van der Waals surface area (Å²) in [5, 5.41) is 3.95. The van der Waals surface area contributed by atoms with Gasteiger partial charge >= 0.3 is 0 Å². The van der Waals surface area contributed by atoms with Crippen LogP contribution < -0.4 is 0 Å². The van der Waals surface area contributed by atoms with Crippen LogP contribution in [-0.2, 0) is 13.1 Å². The lowest BCUT2D eigenvalue weighted by atomic mass is 10.2. The fourth-order valence-corrected chi connectivity index (χ4v) is 2.12. The van der Waals surface area contributed by atoms with Crippen LogP contribution in [0.15, 0.2) is 24.3 Å². The van der Waals surface area contributed by atoms with Crippen molar-refractivity contribution in [1.29, 1.82) is 0 Å². The third-order valence-corrected chi connectivity index (χ3v) is 3.28. The average Bonchev–Trinajstić information content (AvgIpc) is 2.68. The summed E-state index contributed by atoms with van der Waals surface area (Å²) >= 11 is 7.11. The lowest BCUT2D eigenvalue weighted by Gasteiger charge is -2.15. The molecule has 0 bridgehead atoms. The Balaban J connectivity index is 1.95. The minimum atomic E-state index is -0.219. The molecule has 1 heterocycles. The van der Waals surface area contributed by atoms with E-state index in [9.17, 15) is 4.39 Å². The molecule has 3 nitrogen and oxygen atoms in total. The maximum absolute atomic E-state index is 12.7. The molecule has 0 radical (unpaired) electrons. The Bertz CT molecular complexity index is 486. The first-order chi connectivity index (χ1) is 8.15. The first kappa shape index (κ1) is 12.4. The molecule has 0 aliphatic heterocycles. The van der Waals surface area contributed by atoms with Crippen molar-refractivity contribution in [1.82, 2.24) is 14.5 Å². The minimum Gasteiger partial charge on any atom is -0.296 e. The van der Waals surface area contributed by atoms with E-state index in [4.69, 9.17) is 11.6 Å². The number of rotatable bonds is 4. The predicted octanol–water partition coefficient (Wildman–Crippen LogP) is 2.96. The van der Waals surface area contributed by atoms with Gasteiger partial charge < -0.3 is 0 Å². The summed E-state index contributed by atoms with van der Waals surface area (Å²) in [6, 6.07) is 6.46. The van der Waals surface area contributed by atoms with Gasteiger partial charge in [-0.1, -0.05) is 28.2 Å². The van der Waals surface area contributed by atoms with Crippen molar-refractivity contribution in [3.05, 3.63) is 45.7 Å². The van der Waals surface area contributed by atoms with Gasteiger partial charge in [0.05, 0.1) is 0 Å². The average molecular weight is 272 g/mol. The van der Waals surface area contributed by atoms with Crippen molar-refractivity contribution in [3.63, 3.8) is 0 Å². The van der Waals surface area contributed by atoms with E-state index in [0.29, 0.717) is 17.4 Å². The summed E-state index contributed by atoms with van der Waals surface area (Å²) in [7, 11) is 1.96. The second kappa shape index (κ2) is 5.53. The largest absolute Gasteiger partial charge is 0.296 e. The fraction of sp³-hybridized carbons (Fsp3) is 0.273. The van der Waals surface area contributed by atoms with Crippen LogP contribution in [0.2, 0.25) is 4.34 Å². The van der Waals surface area contributed by atoms with E-state index in [1.807, 2.05) is 7.05 Å². The Morgan fingerprint density at radius 2 is 2.00 bits per heavy atom. The molecule has 0 amide bonds. The zero-order valence-corrected chi connectivity index (χ0v) is 10.8. The Kier molecular flexibility index (Phi) is 4.04. The Morgan fingerprint density at radius 1 is 1.29 bits per heavy atom. The van der Waals surface area contributed by atoms with Crippen LogP contribution in [0.1, 0.15) is 11.3 Å². The molecule has 0 saturated heterocycles. The Hall–Kier alpha value is -1.04. The molecule has 2 aromatic rings. The summed E-state index contributed by atoms with van der Waals surface area (Å²) in [4.78, 5) is 2.05. The minimum absolute atomic E-state index is 0.219. The molecule has 0 aliphatic rings. The van der Waals surface area contributed by atoms with Crippen LogP contribution in [0.25, 0.3) is 0 Å². The van der Waals surface area contributed by atoms with Crippen LogP contribution in [0.4, 0.5) is 4.39 Å². The van der Waals surface area contributed by atoms with Gasteiger partial charge in [-0.15, -0.1) is 5.10 Å². The zero-order valence-electron chi connectivity index (χ0n) is 9.23. The lowest BCUT2D eigenvalue weighted by molar-refractivity contribution is 0.315. The van der Waals surface area contributed by atoms with E-state index >= 15 is 0 Å². The molecular weight excluding hydrogens is 261 g/mol. The van der Waals surface area contributed by atoms with Gasteiger partial charge in [-0.25, -0.2) is 4.39 Å².